The van der Waals surface area contributed by atoms with Gasteiger partial charge in [0.1, 0.15) is 11.4 Å². The highest BCUT2D eigenvalue weighted by Gasteiger charge is 2.20. The van der Waals surface area contributed by atoms with Crippen LogP contribution < -0.4 is 14.2 Å². The first-order valence-electron chi connectivity index (χ1n) is 7.15. The molecule has 0 aliphatic rings. The van der Waals surface area contributed by atoms with Crippen LogP contribution >= 0.6 is 11.6 Å². The third-order valence-corrected chi connectivity index (χ3v) is 3.88. The van der Waals surface area contributed by atoms with E-state index in [9.17, 15) is 0 Å². The molecule has 3 rings (SSSR count). The molecule has 0 bridgehead atoms. The van der Waals surface area contributed by atoms with Crippen LogP contribution in [0.3, 0.4) is 0 Å². The number of methoxy groups -OCH3 is 3. The van der Waals surface area contributed by atoms with E-state index in [1.54, 1.807) is 27.4 Å². The summed E-state index contributed by atoms with van der Waals surface area (Å²) < 4.78 is 16.3. The highest BCUT2D eigenvalue weighted by atomic mass is 35.5. The fourth-order valence-corrected chi connectivity index (χ4v) is 2.59. The molecule has 6 nitrogen and oxygen atoms in total. The van der Waals surface area contributed by atoms with E-state index >= 15 is 0 Å². The number of nitrogens with zero attached hydrogens (tertiary/aromatic N) is 2. The van der Waals surface area contributed by atoms with Crippen LogP contribution in [0.4, 0.5) is 0 Å². The van der Waals surface area contributed by atoms with Gasteiger partial charge in [0, 0.05) is 16.7 Å². The number of H-pyrrole nitrogens is 1. The fraction of sp³-hybridized carbons (Fsp3) is 0.176. The lowest BCUT2D eigenvalue weighted by Gasteiger charge is -2.14. The maximum Gasteiger partial charge on any atom is 0.170 e. The van der Waals surface area contributed by atoms with Crippen molar-refractivity contribution in [1.82, 2.24) is 15.4 Å². The lowest BCUT2D eigenvalue weighted by atomic mass is 10.0. The molecule has 7 heteroatoms. The van der Waals surface area contributed by atoms with E-state index in [-0.39, 0.29) is 0 Å². The molecule has 1 aromatic heterocycles. The second kappa shape index (κ2) is 6.80. The van der Waals surface area contributed by atoms with Crippen molar-refractivity contribution in [2.24, 2.45) is 0 Å². The molecular weight excluding hydrogens is 330 g/mol. The van der Waals surface area contributed by atoms with E-state index < -0.39 is 0 Å². The molecule has 3 aromatic rings. The molecule has 0 spiro atoms. The van der Waals surface area contributed by atoms with Gasteiger partial charge in [0.2, 0.25) is 0 Å². The Hall–Kier alpha value is -2.73. The SMILES string of the molecule is COc1cc(OC)c(OC)c(-c2nn[nH]c2-c2ccc(Cl)cc2)c1. The first-order valence-corrected chi connectivity index (χ1v) is 7.53. The number of benzene rings is 2. The van der Waals surface area contributed by atoms with Gasteiger partial charge in [-0.05, 0) is 18.2 Å². The van der Waals surface area contributed by atoms with E-state index in [0.717, 1.165) is 11.3 Å². The number of hydrogen-bond donors (Lipinski definition) is 1. The van der Waals surface area contributed by atoms with Gasteiger partial charge < -0.3 is 14.2 Å². The molecule has 0 aliphatic carbocycles. The zero-order chi connectivity index (χ0) is 17.1. The maximum atomic E-state index is 5.96. The van der Waals surface area contributed by atoms with Crippen LogP contribution in [0.25, 0.3) is 22.5 Å². The Balaban J connectivity index is 2.20. The Morgan fingerprint density at radius 1 is 0.958 bits per heavy atom. The van der Waals surface area contributed by atoms with Crippen LogP contribution in [0.1, 0.15) is 0 Å². The van der Waals surface area contributed by atoms with Crippen molar-refractivity contribution in [3.8, 4) is 39.8 Å². The van der Waals surface area contributed by atoms with Gasteiger partial charge in [-0.25, -0.2) is 0 Å². The Kier molecular flexibility index (Phi) is 4.57. The number of halogens is 1. The minimum absolute atomic E-state index is 0.553. The Bertz CT molecular complexity index is 847. The Morgan fingerprint density at radius 2 is 1.71 bits per heavy atom. The molecular formula is C17H16ClN3O3. The van der Waals surface area contributed by atoms with Gasteiger partial charge in [-0.3, -0.25) is 5.10 Å². The first kappa shape index (κ1) is 16.1. The third kappa shape index (κ3) is 2.88. The molecule has 0 aliphatic heterocycles. The van der Waals surface area contributed by atoms with Crippen LogP contribution in [0.5, 0.6) is 17.2 Å². The van der Waals surface area contributed by atoms with Gasteiger partial charge in [-0.1, -0.05) is 28.9 Å². The van der Waals surface area contributed by atoms with Gasteiger partial charge in [0.25, 0.3) is 0 Å². The van der Waals surface area contributed by atoms with E-state index in [1.165, 1.54) is 0 Å². The quantitative estimate of drug-likeness (QED) is 0.761. The number of rotatable bonds is 5. The second-order valence-corrected chi connectivity index (χ2v) is 5.39. The van der Waals surface area contributed by atoms with Crippen LogP contribution in [0, 0.1) is 0 Å². The molecule has 1 N–H and O–H groups in total. The maximum absolute atomic E-state index is 5.96. The minimum Gasteiger partial charge on any atom is -0.497 e. The summed E-state index contributed by atoms with van der Waals surface area (Å²) in [5.41, 5.74) is 3.00. The average molecular weight is 346 g/mol. The molecule has 2 aromatic carbocycles. The van der Waals surface area contributed by atoms with Crippen molar-refractivity contribution in [2.75, 3.05) is 21.3 Å². The van der Waals surface area contributed by atoms with Crippen LogP contribution in [0.2, 0.25) is 5.02 Å². The summed E-state index contributed by atoms with van der Waals surface area (Å²) >= 11 is 5.96. The van der Waals surface area contributed by atoms with E-state index in [0.29, 0.717) is 33.5 Å². The topological polar surface area (TPSA) is 69.3 Å². The molecule has 0 saturated carbocycles. The smallest absolute Gasteiger partial charge is 0.170 e. The number of ether oxygens (including phenoxy) is 3. The summed E-state index contributed by atoms with van der Waals surface area (Å²) in [7, 11) is 4.74. The summed E-state index contributed by atoms with van der Waals surface area (Å²) in [5.74, 6) is 1.74. The van der Waals surface area contributed by atoms with E-state index in [2.05, 4.69) is 15.4 Å². The lowest BCUT2D eigenvalue weighted by molar-refractivity contribution is 0.350. The van der Waals surface area contributed by atoms with Gasteiger partial charge in [-0.2, -0.15) is 0 Å². The number of hydrogen-bond acceptors (Lipinski definition) is 5. The summed E-state index contributed by atoms with van der Waals surface area (Å²) in [6.07, 6.45) is 0. The van der Waals surface area contributed by atoms with Crippen molar-refractivity contribution in [1.29, 1.82) is 0 Å². The molecule has 0 radical (unpaired) electrons. The molecule has 0 amide bonds. The standard InChI is InChI=1S/C17H16ClN3O3/c1-22-12-8-13(17(24-3)14(9-12)23-2)16-15(19-21-20-16)10-4-6-11(18)7-5-10/h4-9H,1-3H3,(H,19,20,21). The second-order valence-electron chi connectivity index (χ2n) is 4.95. The predicted molar refractivity (Wildman–Crippen MR) is 91.9 cm³/mol. The molecule has 1 heterocycles. The molecule has 124 valence electrons. The Labute approximate surface area is 144 Å². The minimum atomic E-state index is 0.553. The van der Waals surface area contributed by atoms with Crippen LogP contribution in [0.15, 0.2) is 36.4 Å². The predicted octanol–water partition coefficient (Wildman–Crippen LogP) is 3.82. The zero-order valence-corrected chi connectivity index (χ0v) is 14.2. The summed E-state index contributed by atoms with van der Waals surface area (Å²) in [6, 6.07) is 11.0. The highest BCUT2D eigenvalue weighted by Crippen LogP contribution is 2.43. The van der Waals surface area contributed by atoms with Gasteiger partial charge in [-0.15, -0.1) is 5.10 Å². The molecule has 0 atom stereocenters. The fourth-order valence-electron chi connectivity index (χ4n) is 2.47. The monoisotopic (exact) mass is 345 g/mol. The van der Waals surface area contributed by atoms with Crippen molar-refractivity contribution in [2.45, 2.75) is 0 Å². The normalized spacial score (nSPS) is 10.5. The van der Waals surface area contributed by atoms with Crippen molar-refractivity contribution >= 4 is 11.6 Å². The lowest BCUT2D eigenvalue weighted by Crippen LogP contribution is -1.96. The van der Waals surface area contributed by atoms with Crippen molar-refractivity contribution in [3.63, 3.8) is 0 Å². The first-order chi connectivity index (χ1) is 11.7. The Morgan fingerprint density at radius 3 is 2.33 bits per heavy atom. The summed E-state index contributed by atoms with van der Waals surface area (Å²) in [5, 5.41) is 11.7. The molecule has 0 saturated heterocycles. The zero-order valence-electron chi connectivity index (χ0n) is 13.5. The van der Waals surface area contributed by atoms with Gasteiger partial charge in [0.05, 0.1) is 32.6 Å². The summed E-state index contributed by atoms with van der Waals surface area (Å²) in [6.45, 7) is 0. The molecule has 0 unspecified atom stereocenters. The largest absolute Gasteiger partial charge is 0.497 e. The van der Waals surface area contributed by atoms with Crippen LogP contribution in [-0.4, -0.2) is 36.7 Å². The molecule has 24 heavy (non-hydrogen) atoms. The highest BCUT2D eigenvalue weighted by molar-refractivity contribution is 6.30. The number of aromatic nitrogens is 3. The molecule has 0 fully saturated rings. The van der Waals surface area contributed by atoms with Gasteiger partial charge in [0.15, 0.2) is 11.5 Å². The number of nitrogens with one attached hydrogen (secondary N) is 1. The van der Waals surface area contributed by atoms with Crippen LogP contribution in [-0.2, 0) is 0 Å². The number of aromatic amines is 1. The van der Waals surface area contributed by atoms with Crippen molar-refractivity contribution < 1.29 is 14.2 Å². The van der Waals surface area contributed by atoms with E-state index in [1.807, 2.05) is 30.3 Å². The van der Waals surface area contributed by atoms with Crippen molar-refractivity contribution in [3.05, 3.63) is 41.4 Å². The average Bonchev–Trinajstić information content (AvgIpc) is 3.10. The third-order valence-electron chi connectivity index (χ3n) is 3.62. The van der Waals surface area contributed by atoms with Gasteiger partial charge >= 0.3 is 0 Å². The summed E-state index contributed by atoms with van der Waals surface area (Å²) in [4.78, 5) is 0. The van der Waals surface area contributed by atoms with E-state index in [4.69, 9.17) is 25.8 Å².